The number of aliphatic hydroxyl groups excluding tert-OH is 1. The highest BCUT2D eigenvalue weighted by Crippen LogP contribution is 2.48. The number of aliphatic hydroxyl groups is 1. The lowest BCUT2D eigenvalue weighted by atomic mass is 9.86. The molecule has 0 spiro atoms. The van der Waals surface area contributed by atoms with Gasteiger partial charge in [-0.1, -0.05) is 36.7 Å². The maximum Gasteiger partial charge on any atom is 0.250 e. The van der Waals surface area contributed by atoms with Crippen LogP contribution in [0.4, 0.5) is 0 Å². The lowest BCUT2D eigenvalue weighted by Gasteiger charge is -2.38. The molecular weight excluding hydrogens is 390 g/mol. The number of aromatic nitrogens is 1. The van der Waals surface area contributed by atoms with Crippen molar-refractivity contribution in [1.29, 1.82) is 0 Å². The van der Waals surface area contributed by atoms with Crippen molar-refractivity contribution in [2.45, 2.75) is 38.5 Å². The zero-order valence-electron chi connectivity index (χ0n) is 16.4. The minimum atomic E-state index is -0.411. The van der Waals surface area contributed by atoms with Gasteiger partial charge in [-0.15, -0.1) is 0 Å². The first-order valence-corrected chi connectivity index (χ1v) is 10.5. The quantitative estimate of drug-likeness (QED) is 0.758. The van der Waals surface area contributed by atoms with E-state index in [-0.39, 0.29) is 36.1 Å². The van der Waals surface area contributed by atoms with Gasteiger partial charge in [-0.2, -0.15) is 0 Å². The van der Waals surface area contributed by atoms with Crippen molar-refractivity contribution in [3.63, 3.8) is 0 Å². The summed E-state index contributed by atoms with van der Waals surface area (Å²) >= 11 is 6.18. The monoisotopic (exact) mass is 415 g/mol. The summed E-state index contributed by atoms with van der Waals surface area (Å²) in [4.78, 5) is 27.9. The van der Waals surface area contributed by atoms with Crippen LogP contribution < -0.4 is 10.9 Å². The Morgan fingerprint density at radius 3 is 2.79 bits per heavy atom. The Kier molecular flexibility index (Phi) is 5.76. The van der Waals surface area contributed by atoms with E-state index in [1.807, 2.05) is 37.3 Å². The van der Waals surface area contributed by atoms with E-state index in [0.717, 1.165) is 17.7 Å². The number of nitrogens with zero attached hydrogens (tertiary/aromatic N) is 2. The minimum Gasteiger partial charge on any atom is -0.396 e. The number of hydrogen-bond donors (Lipinski definition) is 2. The highest BCUT2D eigenvalue weighted by molar-refractivity contribution is 6.30. The molecule has 0 saturated carbocycles. The fraction of sp³-hybridized carbons (Fsp3) is 0.455. The average molecular weight is 416 g/mol. The maximum atomic E-state index is 13.1. The van der Waals surface area contributed by atoms with Crippen molar-refractivity contribution in [2.75, 3.05) is 13.2 Å². The van der Waals surface area contributed by atoms with Crippen LogP contribution in [0, 0.1) is 11.8 Å². The van der Waals surface area contributed by atoms with Gasteiger partial charge in [-0.05, 0) is 30.2 Å². The number of halogens is 1. The molecule has 1 saturated heterocycles. The highest BCUT2D eigenvalue weighted by Gasteiger charge is 2.55. The zero-order valence-corrected chi connectivity index (χ0v) is 17.2. The van der Waals surface area contributed by atoms with Crippen LogP contribution in [0.1, 0.15) is 30.6 Å². The first kappa shape index (κ1) is 20.1. The summed E-state index contributed by atoms with van der Waals surface area (Å²) in [5, 5.41) is 13.9. The predicted molar refractivity (Wildman–Crippen MR) is 112 cm³/mol. The molecule has 0 radical (unpaired) electrons. The molecule has 1 fully saturated rings. The van der Waals surface area contributed by atoms with Crippen molar-refractivity contribution in [1.82, 2.24) is 14.8 Å². The molecule has 4 rings (SSSR count). The summed E-state index contributed by atoms with van der Waals surface area (Å²) in [7, 11) is 0. The molecule has 1 aromatic heterocycles. The Morgan fingerprint density at radius 1 is 1.28 bits per heavy atom. The third-order valence-electron chi connectivity index (χ3n) is 6.15. The lowest BCUT2D eigenvalue weighted by Crippen LogP contribution is -2.45. The molecule has 7 heteroatoms. The van der Waals surface area contributed by atoms with E-state index in [0.29, 0.717) is 24.7 Å². The van der Waals surface area contributed by atoms with E-state index >= 15 is 0 Å². The van der Waals surface area contributed by atoms with Crippen LogP contribution in [0.25, 0.3) is 0 Å². The number of fused-ring (bicyclic) bond motifs is 4. The summed E-state index contributed by atoms with van der Waals surface area (Å²) in [5.74, 6) is -0.708. The molecule has 4 atom stereocenters. The number of carbonyl (C=O) groups is 1. The molecule has 0 unspecified atom stereocenters. The van der Waals surface area contributed by atoms with Gasteiger partial charge in [0.15, 0.2) is 0 Å². The third-order valence-corrected chi connectivity index (χ3v) is 6.39. The Labute approximate surface area is 175 Å². The second-order valence-corrected chi connectivity index (χ2v) is 8.31. The number of rotatable bonds is 6. The Hall–Kier alpha value is -2.15. The number of pyridine rings is 1. The van der Waals surface area contributed by atoms with Gasteiger partial charge in [0.25, 0.3) is 5.56 Å². The van der Waals surface area contributed by atoms with Crippen LogP contribution in [-0.2, 0) is 17.9 Å². The Bertz CT molecular complexity index is 960. The molecule has 29 heavy (non-hydrogen) atoms. The van der Waals surface area contributed by atoms with Crippen LogP contribution in [0.15, 0.2) is 47.3 Å². The molecule has 3 heterocycles. The van der Waals surface area contributed by atoms with Gasteiger partial charge in [0, 0.05) is 55.0 Å². The molecule has 0 aliphatic carbocycles. The smallest absolute Gasteiger partial charge is 0.250 e. The fourth-order valence-corrected chi connectivity index (χ4v) is 5.12. The summed E-state index contributed by atoms with van der Waals surface area (Å²) in [6.45, 7) is 3.58. The van der Waals surface area contributed by atoms with Gasteiger partial charge in [0.05, 0.1) is 12.0 Å². The van der Waals surface area contributed by atoms with E-state index in [1.54, 1.807) is 16.7 Å². The number of hydrogen-bond acceptors (Lipinski definition) is 4. The SMILES string of the molecule is CCCNC(=O)[C@@H]1[C@@H](CO)[C@@H]2Cn3c(cccc3=O)[C@H]1N2Cc1cccc(Cl)c1. The van der Waals surface area contributed by atoms with Crippen molar-refractivity contribution in [3.05, 3.63) is 69.1 Å². The predicted octanol–water partition coefficient (Wildman–Crippen LogP) is 2.19. The topological polar surface area (TPSA) is 74.6 Å². The van der Waals surface area contributed by atoms with Gasteiger partial charge >= 0.3 is 0 Å². The van der Waals surface area contributed by atoms with Gasteiger partial charge in [-0.25, -0.2) is 0 Å². The summed E-state index contributed by atoms with van der Waals surface area (Å²) in [6, 6.07) is 12.5. The number of carbonyl (C=O) groups excluding carboxylic acids is 1. The summed E-state index contributed by atoms with van der Waals surface area (Å²) in [6.07, 6.45) is 0.846. The normalized spacial score (nSPS) is 25.6. The first-order chi connectivity index (χ1) is 14.0. The van der Waals surface area contributed by atoms with Gasteiger partial charge in [-0.3, -0.25) is 14.5 Å². The first-order valence-electron chi connectivity index (χ1n) is 10.1. The number of amides is 1. The van der Waals surface area contributed by atoms with Crippen LogP contribution in [0.3, 0.4) is 0 Å². The maximum absolute atomic E-state index is 13.1. The van der Waals surface area contributed by atoms with Gasteiger partial charge in [0.2, 0.25) is 5.91 Å². The van der Waals surface area contributed by atoms with Gasteiger partial charge in [0.1, 0.15) is 0 Å². The third kappa shape index (κ3) is 3.61. The van der Waals surface area contributed by atoms with Crippen LogP contribution >= 0.6 is 11.6 Å². The van der Waals surface area contributed by atoms with Crippen molar-refractivity contribution >= 4 is 17.5 Å². The Balaban J connectivity index is 1.77. The van der Waals surface area contributed by atoms with Crippen LogP contribution in [0.5, 0.6) is 0 Å². The molecular formula is C22H26ClN3O3. The highest BCUT2D eigenvalue weighted by atomic mass is 35.5. The summed E-state index contributed by atoms with van der Waals surface area (Å²) in [5.41, 5.74) is 1.82. The Morgan fingerprint density at radius 2 is 2.07 bits per heavy atom. The zero-order chi connectivity index (χ0) is 20.5. The second-order valence-electron chi connectivity index (χ2n) is 7.88. The van der Waals surface area contributed by atoms with E-state index in [9.17, 15) is 14.7 Å². The van der Waals surface area contributed by atoms with E-state index < -0.39 is 5.92 Å². The largest absolute Gasteiger partial charge is 0.396 e. The number of benzene rings is 1. The summed E-state index contributed by atoms with van der Waals surface area (Å²) < 4.78 is 1.76. The molecule has 1 aromatic carbocycles. The molecule has 2 N–H and O–H groups in total. The number of nitrogens with one attached hydrogen (secondary N) is 1. The standard InChI is InChI=1S/C22H26ClN3O3/c1-2-9-24-22(29)20-16(13-27)18-12-25-17(7-4-8-19(25)28)21(20)26(18)11-14-5-3-6-15(23)10-14/h3-8,10,16,18,20-21,27H,2,9,11-13H2,1H3,(H,24,29)/t16-,18-,20+,21+/m0/s1. The van der Waals surface area contributed by atoms with Crippen molar-refractivity contribution in [3.8, 4) is 0 Å². The van der Waals surface area contributed by atoms with Crippen LogP contribution in [0.2, 0.25) is 5.02 Å². The van der Waals surface area contributed by atoms with Gasteiger partial charge < -0.3 is 15.0 Å². The average Bonchev–Trinajstić information content (AvgIpc) is 2.91. The second kappa shape index (κ2) is 8.30. The van der Waals surface area contributed by atoms with Crippen LogP contribution in [-0.4, -0.2) is 39.7 Å². The van der Waals surface area contributed by atoms with E-state index in [2.05, 4.69) is 10.2 Å². The lowest BCUT2D eigenvalue weighted by molar-refractivity contribution is -0.127. The van der Waals surface area contributed by atoms with Crippen molar-refractivity contribution in [2.24, 2.45) is 11.8 Å². The molecule has 1 amide bonds. The molecule has 2 aliphatic rings. The van der Waals surface area contributed by atoms with E-state index in [4.69, 9.17) is 11.6 Å². The minimum absolute atomic E-state index is 0.0563. The molecule has 2 bridgehead atoms. The van der Waals surface area contributed by atoms with E-state index in [1.165, 1.54) is 0 Å². The molecule has 154 valence electrons. The molecule has 2 aromatic rings. The fourth-order valence-electron chi connectivity index (χ4n) is 4.90. The van der Waals surface area contributed by atoms with Crippen molar-refractivity contribution < 1.29 is 9.90 Å². The molecule has 6 nitrogen and oxygen atoms in total. The molecule has 2 aliphatic heterocycles.